The maximum atomic E-state index is 5.91. The summed E-state index contributed by atoms with van der Waals surface area (Å²) in [5, 5.41) is 16.8. The van der Waals surface area contributed by atoms with E-state index in [1.165, 1.54) is 0 Å². The highest BCUT2D eigenvalue weighted by molar-refractivity contribution is 7.97. The van der Waals surface area contributed by atoms with Gasteiger partial charge in [-0.15, -0.1) is 16.9 Å². The summed E-state index contributed by atoms with van der Waals surface area (Å²) in [7, 11) is 0. The monoisotopic (exact) mass is 383 g/mol. The quantitative estimate of drug-likeness (QED) is 0.491. The standard InChI is InChI=1S/C18H14ClN5OS/c19-14-8-6-13(7-9-14)17-10-16(25-21-17)11-26-12-18-20-22-23-24(18)15-4-2-1-3-5-15/h1-10H,11-12H2. The molecule has 0 bridgehead atoms. The first kappa shape index (κ1) is 16.8. The molecule has 0 atom stereocenters. The zero-order valence-corrected chi connectivity index (χ0v) is 15.2. The molecule has 2 aromatic carbocycles. The molecule has 0 amide bonds. The van der Waals surface area contributed by atoms with Crippen LogP contribution in [0.3, 0.4) is 0 Å². The van der Waals surface area contributed by atoms with E-state index in [9.17, 15) is 0 Å². The molecule has 4 aromatic rings. The van der Waals surface area contributed by atoms with E-state index in [0.29, 0.717) is 16.5 Å². The Hall–Kier alpha value is -2.64. The third-order valence-corrected chi connectivity index (χ3v) is 4.91. The van der Waals surface area contributed by atoms with Crippen molar-refractivity contribution in [3.63, 3.8) is 0 Å². The lowest BCUT2D eigenvalue weighted by Gasteiger charge is -2.03. The van der Waals surface area contributed by atoms with Crippen molar-refractivity contribution in [2.45, 2.75) is 11.5 Å². The molecule has 0 unspecified atom stereocenters. The normalized spacial score (nSPS) is 11.0. The minimum Gasteiger partial charge on any atom is -0.360 e. The van der Waals surface area contributed by atoms with Crippen LogP contribution in [0.2, 0.25) is 5.02 Å². The number of tetrazole rings is 1. The molecular weight excluding hydrogens is 370 g/mol. The predicted octanol–water partition coefficient (Wildman–Crippen LogP) is 4.40. The highest BCUT2D eigenvalue weighted by atomic mass is 35.5. The number of halogens is 1. The summed E-state index contributed by atoms with van der Waals surface area (Å²) >= 11 is 7.58. The third kappa shape index (κ3) is 3.79. The van der Waals surface area contributed by atoms with Gasteiger partial charge in [0, 0.05) is 16.7 Å². The lowest BCUT2D eigenvalue weighted by Crippen LogP contribution is -2.01. The maximum absolute atomic E-state index is 5.91. The predicted molar refractivity (Wildman–Crippen MR) is 101 cm³/mol. The van der Waals surface area contributed by atoms with Gasteiger partial charge in [0.1, 0.15) is 11.5 Å². The second-order valence-electron chi connectivity index (χ2n) is 5.52. The van der Waals surface area contributed by atoms with Crippen LogP contribution >= 0.6 is 23.4 Å². The van der Waals surface area contributed by atoms with Gasteiger partial charge >= 0.3 is 0 Å². The topological polar surface area (TPSA) is 69.6 Å². The molecule has 0 saturated carbocycles. The smallest absolute Gasteiger partial charge is 0.166 e. The molecule has 4 rings (SSSR count). The van der Waals surface area contributed by atoms with Gasteiger partial charge in [-0.1, -0.05) is 47.1 Å². The van der Waals surface area contributed by atoms with Crippen LogP contribution in [-0.4, -0.2) is 25.4 Å². The van der Waals surface area contributed by atoms with Crippen LogP contribution in [0.5, 0.6) is 0 Å². The molecule has 0 spiro atoms. The van der Waals surface area contributed by atoms with Gasteiger partial charge in [-0.2, -0.15) is 4.68 Å². The fourth-order valence-electron chi connectivity index (χ4n) is 2.45. The van der Waals surface area contributed by atoms with Gasteiger partial charge in [-0.05, 0) is 34.7 Å². The minimum atomic E-state index is 0.666. The van der Waals surface area contributed by atoms with Gasteiger partial charge in [-0.3, -0.25) is 0 Å². The number of benzene rings is 2. The molecule has 8 heteroatoms. The molecule has 0 aliphatic rings. The van der Waals surface area contributed by atoms with E-state index >= 15 is 0 Å². The summed E-state index contributed by atoms with van der Waals surface area (Å²) in [6.07, 6.45) is 0. The van der Waals surface area contributed by atoms with Crippen molar-refractivity contribution in [3.05, 3.63) is 77.3 Å². The van der Waals surface area contributed by atoms with Crippen LogP contribution in [0.25, 0.3) is 16.9 Å². The summed E-state index contributed by atoms with van der Waals surface area (Å²) in [4.78, 5) is 0. The Labute approximate surface area is 159 Å². The van der Waals surface area contributed by atoms with Crippen molar-refractivity contribution < 1.29 is 4.52 Å². The van der Waals surface area contributed by atoms with Crippen molar-refractivity contribution in [2.75, 3.05) is 0 Å². The first-order valence-corrected chi connectivity index (χ1v) is 9.45. The molecule has 6 nitrogen and oxygen atoms in total. The summed E-state index contributed by atoms with van der Waals surface area (Å²) < 4.78 is 7.16. The SMILES string of the molecule is Clc1ccc(-c2cc(CSCc3nnnn3-c3ccccc3)on2)cc1. The largest absolute Gasteiger partial charge is 0.360 e. The average molecular weight is 384 g/mol. The molecule has 0 saturated heterocycles. The number of nitrogens with zero attached hydrogens (tertiary/aromatic N) is 5. The van der Waals surface area contributed by atoms with Gasteiger partial charge in [-0.25, -0.2) is 0 Å². The number of rotatable bonds is 6. The zero-order valence-electron chi connectivity index (χ0n) is 13.6. The van der Waals surface area contributed by atoms with Crippen molar-refractivity contribution >= 4 is 23.4 Å². The number of hydrogen-bond acceptors (Lipinski definition) is 6. The van der Waals surface area contributed by atoms with Crippen molar-refractivity contribution in [3.8, 4) is 16.9 Å². The molecule has 0 aliphatic heterocycles. The third-order valence-electron chi connectivity index (χ3n) is 3.71. The van der Waals surface area contributed by atoms with Crippen LogP contribution < -0.4 is 0 Å². The van der Waals surface area contributed by atoms with Crippen LogP contribution in [0.1, 0.15) is 11.6 Å². The van der Waals surface area contributed by atoms with Gasteiger partial charge in [0.2, 0.25) is 0 Å². The molecule has 0 radical (unpaired) electrons. The fourth-order valence-corrected chi connectivity index (χ4v) is 3.37. The van der Waals surface area contributed by atoms with Gasteiger partial charge in [0.05, 0.1) is 17.2 Å². The first-order valence-electron chi connectivity index (χ1n) is 7.91. The summed E-state index contributed by atoms with van der Waals surface area (Å²) in [5.41, 5.74) is 2.71. The van der Waals surface area contributed by atoms with E-state index < -0.39 is 0 Å². The Balaban J connectivity index is 1.39. The van der Waals surface area contributed by atoms with Gasteiger partial charge < -0.3 is 4.52 Å². The Morgan fingerprint density at radius 1 is 1.00 bits per heavy atom. The van der Waals surface area contributed by atoms with Gasteiger partial charge in [0.15, 0.2) is 5.82 Å². The number of thioether (sulfide) groups is 1. The lowest BCUT2D eigenvalue weighted by atomic mass is 10.1. The second-order valence-corrected chi connectivity index (χ2v) is 6.94. The zero-order chi connectivity index (χ0) is 17.8. The fraction of sp³-hybridized carbons (Fsp3) is 0.111. The van der Waals surface area contributed by atoms with Crippen LogP contribution in [0.4, 0.5) is 0 Å². The van der Waals surface area contributed by atoms with Crippen LogP contribution in [0.15, 0.2) is 65.2 Å². The van der Waals surface area contributed by atoms with E-state index in [4.69, 9.17) is 16.1 Å². The van der Waals surface area contributed by atoms with Crippen LogP contribution in [0, 0.1) is 0 Å². The molecular formula is C18H14ClN5OS. The first-order chi connectivity index (χ1) is 12.8. The highest BCUT2D eigenvalue weighted by Gasteiger charge is 2.10. The molecule has 2 aromatic heterocycles. The van der Waals surface area contributed by atoms with E-state index in [2.05, 4.69) is 20.7 Å². The summed E-state index contributed by atoms with van der Waals surface area (Å²) in [6.45, 7) is 0. The highest BCUT2D eigenvalue weighted by Crippen LogP contribution is 2.24. The number of para-hydroxylation sites is 1. The lowest BCUT2D eigenvalue weighted by molar-refractivity contribution is 0.397. The summed E-state index contributed by atoms with van der Waals surface area (Å²) in [6, 6.07) is 19.3. The van der Waals surface area contributed by atoms with Crippen molar-refractivity contribution in [1.82, 2.24) is 25.4 Å². The van der Waals surface area contributed by atoms with Crippen molar-refractivity contribution in [1.29, 1.82) is 0 Å². The van der Waals surface area contributed by atoms with E-state index in [1.54, 1.807) is 16.4 Å². The molecule has 130 valence electrons. The Bertz CT molecular complexity index is 984. The Morgan fingerprint density at radius 3 is 2.62 bits per heavy atom. The Kier molecular flexibility index (Phi) is 4.99. The Morgan fingerprint density at radius 2 is 1.81 bits per heavy atom. The molecule has 0 aliphatic carbocycles. The molecule has 2 heterocycles. The van der Waals surface area contributed by atoms with E-state index in [1.807, 2.05) is 60.7 Å². The second kappa shape index (κ2) is 7.72. The van der Waals surface area contributed by atoms with E-state index in [-0.39, 0.29) is 0 Å². The average Bonchev–Trinajstić information content (AvgIpc) is 3.33. The van der Waals surface area contributed by atoms with E-state index in [0.717, 1.165) is 28.5 Å². The van der Waals surface area contributed by atoms with Crippen LogP contribution in [-0.2, 0) is 11.5 Å². The van der Waals surface area contributed by atoms with Crippen molar-refractivity contribution in [2.24, 2.45) is 0 Å². The molecule has 26 heavy (non-hydrogen) atoms. The van der Waals surface area contributed by atoms with Gasteiger partial charge in [0.25, 0.3) is 0 Å². The number of hydrogen-bond donors (Lipinski definition) is 0. The molecule has 0 fully saturated rings. The molecule has 0 N–H and O–H groups in total. The number of aromatic nitrogens is 5. The summed E-state index contributed by atoms with van der Waals surface area (Å²) in [5.74, 6) is 2.94. The maximum Gasteiger partial charge on any atom is 0.166 e. The minimum absolute atomic E-state index is 0.666.